The molecule has 10 atom stereocenters. The first-order valence-corrected chi connectivity index (χ1v) is 16.1. The molecular weight excluding hydrogens is 601 g/mol. The summed E-state index contributed by atoms with van der Waals surface area (Å²) in [4.78, 5) is 12.6. The van der Waals surface area contributed by atoms with Gasteiger partial charge >= 0.3 is 0 Å². The third-order valence-electron chi connectivity index (χ3n) is 9.64. The minimum Gasteiger partial charge on any atom is -0.390 e. The van der Waals surface area contributed by atoms with Crippen molar-refractivity contribution in [1.82, 2.24) is 19.5 Å². The standard InChI is InChI=1S/C15H15Cl2N4O3P.C10H15O4P/c1-14(2)23-9-8(6-3-15(6,4-25-22)10(9)24-14)21-5-18-7-11(16)19-13(17)20-12(7)21;1-9(2)13-7-6(11)5-3-10(5,4-15-12)8(7)14-9/h5-6,8-10H,3-4H2,1-2H3;5-8,11H,3-4H2,1-2H3/t6-,8-,9-,10?,15+;5-,6+,7+,8+,10+/m11/s1. The van der Waals surface area contributed by atoms with Gasteiger partial charge in [0, 0.05) is 23.2 Å². The minimum atomic E-state index is -0.672. The highest BCUT2D eigenvalue weighted by molar-refractivity contribution is 7.24. The molecule has 40 heavy (non-hydrogen) atoms. The van der Waals surface area contributed by atoms with Crippen LogP contribution in [0.15, 0.2) is 6.33 Å². The average Bonchev–Trinajstić information content (AvgIpc) is 3.50. The van der Waals surface area contributed by atoms with Gasteiger partial charge in [-0.25, -0.2) is 9.97 Å². The number of aromatic nitrogens is 4. The van der Waals surface area contributed by atoms with Gasteiger partial charge in [0.1, 0.15) is 17.7 Å². The molecule has 11 nitrogen and oxygen atoms in total. The van der Waals surface area contributed by atoms with Crippen LogP contribution in [0, 0.1) is 22.7 Å². The van der Waals surface area contributed by atoms with Crippen molar-refractivity contribution in [2.45, 2.75) is 88.7 Å². The highest BCUT2D eigenvalue weighted by atomic mass is 35.5. The summed E-state index contributed by atoms with van der Waals surface area (Å²) in [6, 6.07) is -0.0134. The molecule has 216 valence electrons. The molecule has 4 heterocycles. The van der Waals surface area contributed by atoms with Crippen LogP contribution in [0.5, 0.6) is 0 Å². The number of ether oxygens (including phenoxy) is 4. The maximum atomic E-state index is 11.4. The van der Waals surface area contributed by atoms with Crippen molar-refractivity contribution in [3.63, 3.8) is 0 Å². The summed E-state index contributed by atoms with van der Waals surface area (Å²) in [6.07, 6.45) is 3.73. The van der Waals surface area contributed by atoms with Crippen LogP contribution in [0.4, 0.5) is 0 Å². The number of nitrogens with zero attached hydrogens (tertiary/aromatic N) is 4. The molecule has 4 saturated carbocycles. The summed E-state index contributed by atoms with van der Waals surface area (Å²) in [7, 11) is 0.272. The number of hydrogen-bond acceptors (Lipinski definition) is 10. The molecule has 6 aliphatic rings. The van der Waals surface area contributed by atoms with Gasteiger partial charge in [-0.2, -0.15) is 4.98 Å². The van der Waals surface area contributed by atoms with Gasteiger partial charge in [0.05, 0.1) is 30.7 Å². The first-order valence-electron chi connectivity index (χ1n) is 13.4. The SMILES string of the molecule is CC1(C)OC2[C@H](O1)[C@H](n1cnc3c(Cl)nc(Cl)nc31)[C@H]1C[C@@]21CP=O.CC1(C)O[C@H]2[C@@H](O)[C@H]3C[C@@]3(CP=O)[C@H]2O1. The molecular formula is C25H30Cl2N4O7P2. The summed E-state index contributed by atoms with van der Waals surface area (Å²) in [5, 5.41) is 10.3. The van der Waals surface area contributed by atoms with E-state index in [-0.39, 0.29) is 74.6 Å². The van der Waals surface area contributed by atoms with Gasteiger partial charge in [0.2, 0.25) is 5.28 Å². The van der Waals surface area contributed by atoms with E-state index in [0.29, 0.717) is 29.4 Å². The molecule has 0 aromatic carbocycles. The zero-order chi connectivity index (χ0) is 28.4. The lowest BCUT2D eigenvalue weighted by Gasteiger charge is -2.24. The smallest absolute Gasteiger partial charge is 0.225 e. The predicted octanol–water partition coefficient (Wildman–Crippen LogP) is 4.68. The molecule has 0 radical (unpaired) electrons. The van der Waals surface area contributed by atoms with Gasteiger partial charge in [-0.3, -0.25) is 9.13 Å². The molecule has 1 unspecified atom stereocenters. The number of fused-ring (bicyclic) bond motifs is 7. The summed E-state index contributed by atoms with van der Waals surface area (Å²) < 4.78 is 48.0. The first kappa shape index (κ1) is 27.9. The number of halogens is 2. The third kappa shape index (κ3) is 4.00. The Bertz CT molecular complexity index is 1410. The van der Waals surface area contributed by atoms with E-state index < -0.39 is 17.7 Å². The van der Waals surface area contributed by atoms with Gasteiger partial charge < -0.3 is 28.6 Å². The first-order chi connectivity index (χ1) is 18.9. The fourth-order valence-corrected chi connectivity index (χ4v) is 9.90. The van der Waals surface area contributed by atoms with Crippen LogP contribution < -0.4 is 0 Å². The summed E-state index contributed by atoms with van der Waals surface area (Å²) >= 11 is 12.1. The molecule has 1 N–H and O–H groups in total. The highest BCUT2D eigenvalue weighted by Crippen LogP contribution is 2.72. The van der Waals surface area contributed by atoms with Crippen LogP contribution in [0.3, 0.4) is 0 Å². The van der Waals surface area contributed by atoms with E-state index >= 15 is 0 Å². The zero-order valence-corrected chi connectivity index (χ0v) is 25.7. The Morgan fingerprint density at radius 2 is 1.50 bits per heavy atom. The van der Waals surface area contributed by atoms with E-state index in [4.69, 9.17) is 42.1 Å². The summed E-state index contributed by atoms with van der Waals surface area (Å²) in [5.74, 6) is -0.763. The second-order valence-corrected chi connectivity index (χ2v) is 14.6. The van der Waals surface area contributed by atoms with Gasteiger partial charge in [0.15, 0.2) is 39.3 Å². The number of imidazole rings is 1. The predicted molar refractivity (Wildman–Crippen MR) is 144 cm³/mol. The molecule has 6 fully saturated rings. The van der Waals surface area contributed by atoms with Crippen LogP contribution >= 0.6 is 40.1 Å². The number of aliphatic hydroxyl groups is 1. The summed E-state index contributed by atoms with van der Waals surface area (Å²) in [6.45, 7) is 7.53. The van der Waals surface area contributed by atoms with Crippen LogP contribution in [0.25, 0.3) is 11.2 Å². The minimum absolute atomic E-state index is 0.0134. The van der Waals surface area contributed by atoms with E-state index in [9.17, 15) is 14.2 Å². The van der Waals surface area contributed by atoms with E-state index in [1.165, 1.54) is 0 Å². The monoisotopic (exact) mass is 630 g/mol. The second kappa shape index (κ2) is 9.07. The number of hydrogen-bond donors (Lipinski definition) is 1. The topological polar surface area (TPSA) is 135 Å². The number of rotatable bonds is 5. The fraction of sp³-hybridized carbons (Fsp3) is 0.800. The molecule has 2 aromatic rings. The molecule has 2 aromatic heterocycles. The van der Waals surface area contributed by atoms with Gasteiger partial charge in [-0.1, -0.05) is 11.6 Å². The molecule has 0 amide bonds. The lowest BCUT2D eigenvalue weighted by Crippen LogP contribution is -2.33. The molecule has 15 heteroatoms. The van der Waals surface area contributed by atoms with Crippen molar-refractivity contribution in [1.29, 1.82) is 0 Å². The number of aliphatic hydroxyl groups excluding tert-OH is 1. The van der Waals surface area contributed by atoms with Crippen molar-refractivity contribution in [2.24, 2.45) is 22.7 Å². The summed E-state index contributed by atoms with van der Waals surface area (Å²) in [5.41, 5.74) is 0.899. The molecule has 2 aliphatic heterocycles. The Morgan fingerprint density at radius 1 is 0.925 bits per heavy atom. The van der Waals surface area contributed by atoms with Crippen molar-refractivity contribution < 1.29 is 33.2 Å². The van der Waals surface area contributed by atoms with E-state index in [2.05, 4.69) is 15.0 Å². The van der Waals surface area contributed by atoms with Gasteiger partial charge in [-0.15, -0.1) is 0 Å². The molecule has 0 spiro atoms. The maximum absolute atomic E-state index is 11.4. The van der Waals surface area contributed by atoms with Crippen molar-refractivity contribution >= 4 is 51.3 Å². The molecule has 0 bridgehead atoms. The quantitative estimate of drug-likeness (QED) is 0.282. The third-order valence-corrected chi connectivity index (χ3v) is 11.5. The largest absolute Gasteiger partial charge is 0.390 e. The second-order valence-electron chi connectivity index (χ2n) is 12.8. The molecule has 4 aliphatic carbocycles. The highest BCUT2D eigenvalue weighted by Gasteiger charge is 2.76. The van der Waals surface area contributed by atoms with Crippen LogP contribution in [0.2, 0.25) is 10.4 Å². The van der Waals surface area contributed by atoms with Gasteiger partial charge in [0.25, 0.3) is 0 Å². The van der Waals surface area contributed by atoms with Crippen LogP contribution in [-0.4, -0.2) is 79.0 Å². The van der Waals surface area contributed by atoms with E-state index in [1.54, 1.807) is 6.33 Å². The normalized spacial score (nSPS) is 44.7. The van der Waals surface area contributed by atoms with E-state index in [0.717, 1.165) is 12.8 Å². The van der Waals surface area contributed by atoms with Crippen LogP contribution in [-0.2, 0) is 28.1 Å². The maximum Gasteiger partial charge on any atom is 0.225 e. The van der Waals surface area contributed by atoms with Crippen LogP contribution in [0.1, 0.15) is 46.6 Å². The van der Waals surface area contributed by atoms with Crippen molar-refractivity contribution in [3.8, 4) is 0 Å². The Hall–Kier alpha value is -0.870. The van der Waals surface area contributed by atoms with Crippen molar-refractivity contribution in [3.05, 3.63) is 16.8 Å². The Kier molecular flexibility index (Phi) is 6.33. The lowest BCUT2D eigenvalue weighted by molar-refractivity contribution is -0.166. The molecule has 8 rings (SSSR count). The van der Waals surface area contributed by atoms with E-state index in [1.807, 2.05) is 32.3 Å². The lowest BCUT2D eigenvalue weighted by atomic mass is 10.0. The Balaban J connectivity index is 0.000000150. The van der Waals surface area contributed by atoms with Gasteiger partial charge in [-0.05, 0) is 64.0 Å². The fourth-order valence-electron chi connectivity index (χ4n) is 7.91. The Labute approximate surface area is 244 Å². The molecule has 2 saturated heterocycles. The zero-order valence-electron chi connectivity index (χ0n) is 22.4. The Morgan fingerprint density at radius 3 is 2.15 bits per heavy atom. The van der Waals surface area contributed by atoms with Crippen molar-refractivity contribution in [2.75, 3.05) is 12.3 Å². The average molecular weight is 631 g/mol.